The number of ether oxygens (including phenoxy) is 2. The number of hydrogen-bond donors (Lipinski definition) is 2. The van der Waals surface area contributed by atoms with Gasteiger partial charge in [-0.05, 0) is 32.9 Å². The normalized spacial score (nSPS) is 11.1. The molecule has 0 atom stereocenters. The average Bonchev–Trinajstić information content (AvgIpc) is 2.24. The third kappa shape index (κ3) is 4.53. The Balaban J connectivity index is 2.88. The van der Waals surface area contributed by atoms with Gasteiger partial charge in [0.2, 0.25) is 0 Å². The van der Waals surface area contributed by atoms with Gasteiger partial charge < -0.3 is 19.9 Å². The lowest BCUT2D eigenvalue weighted by molar-refractivity contribution is 0.196. The number of aliphatic hydroxyl groups excluding tert-OH is 1. The Bertz CT molecular complexity index is 358. The molecule has 1 aromatic rings. The molecule has 17 heavy (non-hydrogen) atoms. The summed E-state index contributed by atoms with van der Waals surface area (Å²) >= 11 is 0. The van der Waals surface area contributed by atoms with Crippen LogP contribution in [-0.4, -0.2) is 31.0 Å². The SMILES string of the molecule is COc1ccc(NC(C)(C)C)cc1OCCO. The largest absolute Gasteiger partial charge is 0.493 e. The second-order valence-electron chi connectivity index (χ2n) is 4.81. The standard InChI is InChI=1S/C13H21NO3/c1-13(2,3)14-10-5-6-11(16-4)12(9-10)17-8-7-15/h5-6,9,14-15H,7-8H2,1-4H3. The summed E-state index contributed by atoms with van der Waals surface area (Å²) in [5, 5.41) is 12.1. The van der Waals surface area contributed by atoms with Gasteiger partial charge in [-0.25, -0.2) is 0 Å². The molecule has 0 fully saturated rings. The van der Waals surface area contributed by atoms with Crippen LogP contribution in [0.2, 0.25) is 0 Å². The van der Waals surface area contributed by atoms with E-state index in [9.17, 15) is 0 Å². The summed E-state index contributed by atoms with van der Waals surface area (Å²) in [7, 11) is 1.60. The fourth-order valence-corrected chi connectivity index (χ4v) is 1.46. The molecular weight excluding hydrogens is 218 g/mol. The van der Waals surface area contributed by atoms with Crippen molar-refractivity contribution >= 4 is 5.69 Å². The summed E-state index contributed by atoms with van der Waals surface area (Å²) in [5.74, 6) is 1.30. The zero-order chi connectivity index (χ0) is 12.9. The molecule has 0 unspecified atom stereocenters. The Kier molecular flexibility index (Phi) is 4.63. The predicted molar refractivity (Wildman–Crippen MR) is 69.0 cm³/mol. The van der Waals surface area contributed by atoms with Crippen LogP contribution in [0, 0.1) is 0 Å². The molecule has 0 bridgehead atoms. The van der Waals surface area contributed by atoms with Gasteiger partial charge >= 0.3 is 0 Å². The number of methoxy groups -OCH3 is 1. The second-order valence-corrected chi connectivity index (χ2v) is 4.81. The van der Waals surface area contributed by atoms with E-state index in [1.807, 2.05) is 18.2 Å². The molecule has 96 valence electrons. The van der Waals surface area contributed by atoms with Gasteiger partial charge in [-0.3, -0.25) is 0 Å². The van der Waals surface area contributed by atoms with Crippen LogP contribution >= 0.6 is 0 Å². The van der Waals surface area contributed by atoms with Crippen LogP contribution in [0.1, 0.15) is 20.8 Å². The van der Waals surface area contributed by atoms with Gasteiger partial charge in [0.25, 0.3) is 0 Å². The van der Waals surface area contributed by atoms with Crippen molar-refractivity contribution in [3.05, 3.63) is 18.2 Å². The highest BCUT2D eigenvalue weighted by Gasteiger charge is 2.11. The first-order valence-corrected chi connectivity index (χ1v) is 5.66. The van der Waals surface area contributed by atoms with E-state index in [4.69, 9.17) is 14.6 Å². The van der Waals surface area contributed by atoms with Gasteiger partial charge in [-0.1, -0.05) is 0 Å². The number of rotatable bonds is 5. The number of anilines is 1. The second kappa shape index (κ2) is 5.77. The molecule has 0 spiro atoms. The van der Waals surface area contributed by atoms with E-state index in [2.05, 4.69) is 26.1 Å². The number of nitrogens with one attached hydrogen (secondary N) is 1. The summed E-state index contributed by atoms with van der Waals surface area (Å²) in [6.45, 7) is 6.51. The van der Waals surface area contributed by atoms with Crippen LogP contribution in [0.3, 0.4) is 0 Å². The Hall–Kier alpha value is -1.42. The van der Waals surface area contributed by atoms with E-state index in [1.165, 1.54) is 0 Å². The van der Waals surface area contributed by atoms with Gasteiger partial charge in [-0.15, -0.1) is 0 Å². The number of hydrogen-bond acceptors (Lipinski definition) is 4. The molecule has 4 nitrogen and oxygen atoms in total. The minimum atomic E-state index is -0.0138. The van der Waals surface area contributed by atoms with E-state index in [0.29, 0.717) is 11.5 Å². The van der Waals surface area contributed by atoms with Crippen molar-refractivity contribution in [3.8, 4) is 11.5 Å². The molecule has 0 aliphatic heterocycles. The molecular formula is C13H21NO3. The lowest BCUT2D eigenvalue weighted by Crippen LogP contribution is -2.26. The third-order valence-electron chi connectivity index (χ3n) is 2.03. The minimum Gasteiger partial charge on any atom is -0.493 e. The van der Waals surface area contributed by atoms with Gasteiger partial charge in [0.15, 0.2) is 11.5 Å². The first-order chi connectivity index (χ1) is 7.96. The highest BCUT2D eigenvalue weighted by Crippen LogP contribution is 2.31. The maximum Gasteiger partial charge on any atom is 0.163 e. The van der Waals surface area contributed by atoms with Crippen LogP contribution < -0.4 is 14.8 Å². The molecule has 0 radical (unpaired) electrons. The molecule has 0 aromatic heterocycles. The number of aliphatic hydroxyl groups is 1. The summed E-state index contributed by atoms with van der Waals surface area (Å²) < 4.78 is 10.6. The van der Waals surface area contributed by atoms with Crippen LogP contribution in [-0.2, 0) is 0 Å². The van der Waals surface area contributed by atoms with Crippen LogP contribution in [0.15, 0.2) is 18.2 Å². The minimum absolute atomic E-state index is 0.0111. The monoisotopic (exact) mass is 239 g/mol. The predicted octanol–water partition coefficient (Wildman–Crippen LogP) is 2.28. The van der Waals surface area contributed by atoms with Crippen molar-refractivity contribution in [2.45, 2.75) is 26.3 Å². The van der Waals surface area contributed by atoms with Crippen LogP contribution in [0.5, 0.6) is 11.5 Å². The zero-order valence-electron chi connectivity index (χ0n) is 10.9. The lowest BCUT2D eigenvalue weighted by atomic mass is 10.1. The molecule has 1 aromatic carbocycles. The maximum atomic E-state index is 8.77. The fraction of sp³-hybridized carbons (Fsp3) is 0.538. The highest BCUT2D eigenvalue weighted by atomic mass is 16.5. The Morgan fingerprint density at radius 2 is 1.94 bits per heavy atom. The van der Waals surface area contributed by atoms with Crippen molar-refractivity contribution in [2.24, 2.45) is 0 Å². The Morgan fingerprint density at radius 1 is 1.24 bits per heavy atom. The summed E-state index contributed by atoms with van der Waals surface area (Å²) in [5.41, 5.74) is 0.953. The average molecular weight is 239 g/mol. The Labute approximate surface area is 103 Å². The maximum absolute atomic E-state index is 8.77. The van der Waals surface area contributed by atoms with E-state index in [1.54, 1.807) is 7.11 Å². The zero-order valence-corrected chi connectivity index (χ0v) is 10.9. The highest BCUT2D eigenvalue weighted by molar-refractivity contribution is 5.55. The van der Waals surface area contributed by atoms with Gasteiger partial charge in [0.1, 0.15) is 6.61 Å². The molecule has 0 aliphatic rings. The van der Waals surface area contributed by atoms with Gasteiger partial charge in [-0.2, -0.15) is 0 Å². The molecule has 2 N–H and O–H groups in total. The lowest BCUT2D eigenvalue weighted by Gasteiger charge is -2.23. The van der Waals surface area contributed by atoms with Gasteiger partial charge in [0, 0.05) is 17.3 Å². The third-order valence-corrected chi connectivity index (χ3v) is 2.03. The molecule has 1 rings (SSSR count). The molecule has 4 heteroatoms. The molecule has 0 aliphatic carbocycles. The van der Waals surface area contributed by atoms with E-state index in [-0.39, 0.29) is 18.8 Å². The molecule has 0 amide bonds. The first kappa shape index (κ1) is 13.6. The topological polar surface area (TPSA) is 50.7 Å². The molecule has 0 heterocycles. The van der Waals surface area contributed by atoms with Crippen molar-refractivity contribution in [2.75, 3.05) is 25.6 Å². The van der Waals surface area contributed by atoms with E-state index in [0.717, 1.165) is 5.69 Å². The van der Waals surface area contributed by atoms with E-state index < -0.39 is 0 Å². The van der Waals surface area contributed by atoms with Crippen molar-refractivity contribution in [1.82, 2.24) is 0 Å². The van der Waals surface area contributed by atoms with Crippen molar-refractivity contribution in [1.29, 1.82) is 0 Å². The summed E-state index contributed by atoms with van der Waals surface area (Å²) in [6, 6.07) is 5.66. The quantitative estimate of drug-likeness (QED) is 0.827. The first-order valence-electron chi connectivity index (χ1n) is 5.66. The van der Waals surface area contributed by atoms with Crippen LogP contribution in [0.25, 0.3) is 0 Å². The summed E-state index contributed by atoms with van der Waals surface area (Å²) in [4.78, 5) is 0. The van der Waals surface area contributed by atoms with Crippen molar-refractivity contribution in [3.63, 3.8) is 0 Å². The van der Waals surface area contributed by atoms with E-state index >= 15 is 0 Å². The van der Waals surface area contributed by atoms with Gasteiger partial charge in [0.05, 0.1) is 13.7 Å². The molecule has 0 saturated heterocycles. The molecule has 0 saturated carbocycles. The fourth-order valence-electron chi connectivity index (χ4n) is 1.46. The summed E-state index contributed by atoms with van der Waals surface area (Å²) in [6.07, 6.45) is 0. The van der Waals surface area contributed by atoms with Crippen LogP contribution in [0.4, 0.5) is 5.69 Å². The van der Waals surface area contributed by atoms with Crippen molar-refractivity contribution < 1.29 is 14.6 Å². The Morgan fingerprint density at radius 3 is 2.47 bits per heavy atom. The number of benzene rings is 1. The smallest absolute Gasteiger partial charge is 0.163 e.